The predicted molar refractivity (Wildman–Crippen MR) is 77.3 cm³/mol. The summed E-state index contributed by atoms with van der Waals surface area (Å²) in [6.07, 6.45) is 7.62. The lowest BCUT2D eigenvalue weighted by atomic mass is 10.1. The van der Waals surface area contributed by atoms with E-state index in [1.54, 1.807) is 11.2 Å². The van der Waals surface area contributed by atoms with Gasteiger partial charge < -0.3 is 19.7 Å². The highest BCUT2D eigenvalue weighted by Gasteiger charge is 2.28. The molecule has 21 heavy (non-hydrogen) atoms. The van der Waals surface area contributed by atoms with Crippen LogP contribution in [-0.4, -0.2) is 58.5 Å². The standard InChI is InChI=1S/C14H20N6O/c1-18-4-3-12(7-18)20-8-13(16-10-20)17-14(21)11-2-5-19(6-11)9-15/h8,10-12H,2-7H2,1H3,(H,17,21). The van der Waals surface area contributed by atoms with E-state index in [0.29, 0.717) is 24.9 Å². The number of anilines is 1. The molecule has 2 aliphatic heterocycles. The molecule has 112 valence electrons. The van der Waals surface area contributed by atoms with Crippen LogP contribution in [0, 0.1) is 17.4 Å². The number of nitrogens with one attached hydrogen (secondary N) is 1. The topological polar surface area (TPSA) is 77.2 Å². The number of carbonyl (C=O) groups excluding carboxylic acids is 1. The highest BCUT2D eigenvalue weighted by molar-refractivity contribution is 5.91. The van der Waals surface area contributed by atoms with Crippen molar-refractivity contribution in [2.45, 2.75) is 18.9 Å². The van der Waals surface area contributed by atoms with E-state index >= 15 is 0 Å². The van der Waals surface area contributed by atoms with Crippen LogP contribution >= 0.6 is 0 Å². The summed E-state index contributed by atoms with van der Waals surface area (Å²) < 4.78 is 2.08. The van der Waals surface area contributed by atoms with E-state index in [1.807, 2.05) is 6.20 Å². The Morgan fingerprint density at radius 1 is 1.43 bits per heavy atom. The minimum atomic E-state index is -0.118. The van der Waals surface area contributed by atoms with Gasteiger partial charge in [0.05, 0.1) is 12.2 Å². The first-order valence-electron chi connectivity index (χ1n) is 7.33. The first-order chi connectivity index (χ1) is 10.2. The molecule has 3 heterocycles. The number of hydrogen-bond donors (Lipinski definition) is 1. The number of likely N-dealkylation sites (tertiary alicyclic amines) is 2. The number of amides is 1. The quantitative estimate of drug-likeness (QED) is 0.820. The van der Waals surface area contributed by atoms with Gasteiger partial charge in [0.15, 0.2) is 12.0 Å². The Morgan fingerprint density at radius 3 is 2.95 bits per heavy atom. The van der Waals surface area contributed by atoms with E-state index < -0.39 is 0 Å². The third-order valence-corrected chi connectivity index (χ3v) is 4.34. The molecule has 0 bridgehead atoms. The van der Waals surface area contributed by atoms with E-state index in [2.05, 4.69) is 33.0 Å². The lowest BCUT2D eigenvalue weighted by molar-refractivity contribution is -0.119. The van der Waals surface area contributed by atoms with E-state index in [4.69, 9.17) is 5.26 Å². The zero-order valence-corrected chi connectivity index (χ0v) is 12.2. The Morgan fingerprint density at radius 2 is 2.29 bits per heavy atom. The van der Waals surface area contributed by atoms with E-state index in [9.17, 15) is 4.79 Å². The summed E-state index contributed by atoms with van der Waals surface area (Å²) in [7, 11) is 2.11. The molecule has 1 aromatic rings. The zero-order chi connectivity index (χ0) is 14.8. The summed E-state index contributed by atoms with van der Waals surface area (Å²) in [6, 6.07) is 0.439. The number of likely N-dealkylation sites (N-methyl/N-ethyl adjacent to an activating group) is 1. The minimum Gasteiger partial charge on any atom is -0.331 e. The van der Waals surface area contributed by atoms with E-state index in [1.165, 1.54) is 0 Å². The molecule has 0 spiro atoms. The molecule has 0 saturated carbocycles. The van der Waals surface area contributed by atoms with Crippen molar-refractivity contribution in [2.75, 3.05) is 38.5 Å². The maximum absolute atomic E-state index is 12.2. The highest BCUT2D eigenvalue weighted by atomic mass is 16.2. The van der Waals surface area contributed by atoms with Gasteiger partial charge in [-0.1, -0.05) is 0 Å². The number of aromatic nitrogens is 2. The summed E-state index contributed by atoms with van der Waals surface area (Å²) in [5.41, 5.74) is 0. The van der Waals surface area contributed by atoms with Crippen LogP contribution in [-0.2, 0) is 4.79 Å². The average molecular weight is 288 g/mol. The number of carbonyl (C=O) groups is 1. The van der Waals surface area contributed by atoms with E-state index in [-0.39, 0.29) is 11.8 Å². The van der Waals surface area contributed by atoms with E-state index in [0.717, 1.165) is 25.9 Å². The van der Waals surface area contributed by atoms with Crippen molar-refractivity contribution in [1.82, 2.24) is 19.4 Å². The van der Waals surface area contributed by atoms with Crippen LogP contribution in [0.25, 0.3) is 0 Å². The molecule has 1 N–H and O–H groups in total. The molecule has 1 aromatic heterocycles. The zero-order valence-electron chi connectivity index (χ0n) is 12.2. The average Bonchev–Trinajstić information content (AvgIpc) is 3.17. The monoisotopic (exact) mass is 288 g/mol. The van der Waals surface area contributed by atoms with Crippen molar-refractivity contribution in [1.29, 1.82) is 5.26 Å². The smallest absolute Gasteiger partial charge is 0.230 e. The molecular weight excluding hydrogens is 268 g/mol. The third-order valence-electron chi connectivity index (χ3n) is 4.34. The number of nitriles is 1. The van der Waals surface area contributed by atoms with Gasteiger partial charge >= 0.3 is 0 Å². The van der Waals surface area contributed by atoms with Gasteiger partial charge in [-0.25, -0.2) is 4.98 Å². The van der Waals surface area contributed by atoms with Gasteiger partial charge in [0.2, 0.25) is 5.91 Å². The Balaban J connectivity index is 1.57. The second-order valence-electron chi connectivity index (χ2n) is 5.93. The Bertz CT molecular complexity index is 562. The second-order valence-corrected chi connectivity index (χ2v) is 5.93. The number of imidazole rings is 1. The lowest BCUT2D eigenvalue weighted by Crippen LogP contribution is -2.25. The molecule has 2 atom stereocenters. The molecule has 2 saturated heterocycles. The van der Waals surface area contributed by atoms with Crippen LogP contribution < -0.4 is 5.32 Å². The molecule has 0 aromatic carbocycles. The SMILES string of the molecule is CN1CCC(n2cnc(NC(=O)C3CCN(C#N)C3)c2)C1. The Kier molecular flexibility index (Phi) is 3.80. The molecule has 1 amide bonds. The molecule has 2 unspecified atom stereocenters. The van der Waals surface area contributed by atoms with Crippen molar-refractivity contribution < 1.29 is 4.79 Å². The van der Waals surface area contributed by atoms with Crippen molar-refractivity contribution in [3.63, 3.8) is 0 Å². The largest absolute Gasteiger partial charge is 0.331 e. The summed E-state index contributed by atoms with van der Waals surface area (Å²) in [5, 5.41) is 11.7. The fourth-order valence-electron chi connectivity index (χ4n) is 3.05. The van der Waals surface area contributed by atoms with Crippen molar-refractivity contribution in [3.8, 4) is 6.19 Å². The molecule has 0 aliphatic carbocycles. The van der Waals surface area contributed by atoms with Gasteiger partial charge in [-0.15, -0.1) is 0 Å². The molecule has 0 radical (unpaired) electrons. The fraction of sp³-hybridized carbons (Fsp3) is 0.643. The fourth-order valence-corrected chi connectivity index (χ4v) is 3.05. The third kappa shape index (κ3) is 3.00. The second kappa shape index (κ2) is 5.74. The number of hydrogen-bond acceptors (Lipinski definition) is 5. The molecule has 2 aliphatic rings. The van der Waals surface area contributed by atoms with Crippen LogP contribution in [0.15, 0.2) is 12.5 Å². The van der Waals surface area contributed by atoms with Crippen LogP contribution in [0.5, 0.6) is 0 Å². The van der Waals surface area contributed by atoms with Crippen LogP contribution in [0.3, 0.4) is 0 Å². The number of nitrogens with zero attached hydrogens (tertiary/aromatic N) is 5. The molecule has 7 heteroatoms. The van der Waals surface area contributed by atoms with Gasteiger partial charge in [-0.05, 0) is 26.4 Å². The van der Waals surface area contributed by atoms with Crippen molar-refractivity contribution >= 4 is 11.7 Å². The summed E-state index contributed by atoms with van der Waals surface area (Å²) >= 11 is 0. The summed E-state index contributed by atoms with van der Waals surface area (Å²) in [6.45, 7) is 3.29. The number of rotatable bonds is 3. The van der Waals surface area contributed by atoms with Crippen LogP contribution in [0.4, 0.5) is 5.82 Å². The van der Waals surface area contributed by atoms with Crippen molar-refractivity contribution in [3.05, 3.63) is 12.5 Å². The predicted octanol–water partition coefficient (Wildman–Crippen LogP) is 0.501. The normalized spacial score (nSPS) is 26.0. The van der Waals surface area contributed by atoms with Gasteiger partial charge in [0.25, 0.3) is 0 Å². The summed E-state index contributed by atoms with van der Waals surface area (Å²) in [5.74, 6) is 0.443. The first-order valence-corrected chi connectivity index (χ1v) is 7.33. The maximum Gasteiger partial charge on any atom is 0.230 e. The van der Waals surface area contributed by atoms with Gasteiger partial charge in [0.1, 0.15) is 0 Å². The minimum absolute atomic E-state index is 0.0402. The highest BCUT2D eigenvalue weighted by Crippen LogP contribution is 2.22. The molecule has 7 nitrogen and oxygen atoms in total. The van der Waals surface area contributed by atoms with Crippen LogP contribution in [0.2, 0.25) is 0 Å². The molecule has 3 rings (SSSR count). The van der Waals surface area contributed by atoms with Gasteiger partial charge in [0, 0.05) is 31.9 Å². The summed E-state index contributed by atoms with van der Waals surface area (Å²) in [4.78, 5) is 20.3. The van der Waals surface area contributed by atoms with Crippen molar-refractivity contribution in [2.24, 2.45) is 5.92 Å². The Hall–Kier alpha value is -2.07. The molecular formula is C14H20N6O. The first kappa shape index (κ1) is 13.9. The van der Waals surface area contributed by atoms with Gasteiger partial charge in [-0.3, -0.25) is 4.79 Å². The van der Waals surface area contributed by atoms with Crippen LogP contribution in [0.1, 0.15) is 18.9 Å². The Labute approximate surface area is 124 Å². The molecule has 2 fully saturated rings. The van der Waals surface area contributed by atoms with Gasteiger partial charge in [-0.2, -0.15) is 5.26 Å². The maximum atomic E-state index is 12.2. The lowest BCUT2D eigenvalue weighted by Gasteiger charge is -2.11.